The lowest BCUT2D eigenvalue weighted by Crippen LogP contribution is -2.32. The highest BCUT2D eigenvalue weighted by Gasteiger charge is 2.07. The van der Waals surface area contributed by atoms with Crippen LogP contribution in [0, 0.1) is 0 Å². The topological polar surface area (TPSA) is 84.0 Å². The van der Waals surface area contributed by atoms with Gasteiger partial charge in [0.2, 0.25) is 0 Å². The van der Waals surface area contributed by atoms with Gasteiger partial charge in [0.25, 0.3) is 5.91 Å². The van der Waals surface area contributed by atoms with Crippen LogP contribution in [-0.2, 0) is 0 Å². The molecular weight excluding hydrogens is 483 g/mol. The summed E-state index contributed by atoms with van der Waals surface area (Å²) in [6.07, 6.45) is 0. The first-order valence-electron chi connectivity index (χ1n) is 9.37. The zero-order valence-corrected chi connectivity index (χ0v) is 19.4. The molecule has 0 saturated heterocycles. The zero-order chi connectivity index (χ0) is 20.2. The average molecular weight is 512 g/mol. The summed E-state index contributed by atoms with van der Waals surface area (Å²) in [6, 6.07) is 14.7. The molecule has 0 aliphatic heterocycles. The van der Waals surface area contributed by atoms with E-state index >= 15 is 0 Å². The molecule has 0 radical (unpaired) electrons. The lowest BCUT2D eigenvalue weighted by molar-refractivity contribution is 0.0955. The van der Waals surface area contributed by atoms with Crippen molar-refractivity contribution in [1.82, 2.24) is 10.6 Å². The minimum Gasteiger partial charge on any atom is -0.493 e. The maximum absolute atomic E-state index is 12.0. The molecule has 0 saturated carbocycles. The summed E-state index contributed by atoms with van der Waals surface area (Å²) in [5.74, 6) is 1.87. The molecule has 2 aromatic rings. The van der Waals surface area contributed by atoms with Crippen molar-refractivity contribution in [3.8, 4) is 11.5 Å². The lowest BCUT2D eigenvalue weighted by atomic mass is 10.2. The number of halogens is 1. The van der Waals surface area contributed by atoms with Crippen molar-refractivity contribution in [3.63, 3.8) is 0 Å². The van der Waals surface area contributed by atoms with Crippen LogP contribution < -0.4 is 25.4 Å². The van der Waals surface area contributed by atoms with E-state index in [1.807, 2.05) is 50.2 Å². The van der Waals surface area contributed by atoms with Crippen molar-refractivity contribution < 1.29 is 14.3 Å². The molecule has 0 bridgehead atoms. The van der Waals surface area contributed by atoms with Gasteiger partial charge in [-0.15, -0.1) is 24.0 Å². The predicted octanol–water partition coefficient (Wildman–Crippen LogP) is 3.52. The number of hydrogen-bond acceptors (Lipinski definition) is 4. The number of benzene rings is 2. The first kappa shape index (κ1) is 24.5. The first-order chi connectivity index (χ1) is 13.7. The Hall–Kier alpha value is -2.49. The number of methoxy groups -OCH3 is 1. The molecule has 8 heteroatoms. The van der Waals surface area contributed by atoms with Gasteiger partial charge >= 0.3 is 0 Å². The van der Waals surface area contributed by atoms with Crippen LogP contribution in [0.3, 0.4) is 0 Å². The van der Waals surface area contributed by atoms with Gasteiger partial charge in [-0.1, -0.05) is 18.2 Å². The molecular formula is C21H29IN4O3. The Morgan fingerprint density at radius 3 is 2.45 bits per heavy atom. The molecule has 29 heavy (non-hydrogen) atoms. The maximum Gasteiger partial charge on any atom is 0.251 e. The van der Waals surface area contributed by atoms with Gasteiger partial charge in [0, 0.05) is 30.4 Å². The number of anilines is 1. The van der Waals surface area contributed by atoms with Gasteiger partial charge in [-0.25, -0.2) is 0 Å². The second kappa shape index (κ2) is 13.6. The van der Waals surface area contributed by atoms with Crippen LogP contribution in [-0.4, -0.2) is 45.2 Å². The van der Waals surface area contributed by atoms with Gasteiger partial charge in [0.1, 0.15) is 0 Å². The number of aliphatic imine (C=N–C) groups is 1. The molecule has 3 N–H and O–H groups in total. The van der Waals surface area contributed by atoms with Crippen LogP contribution >= 0.6 is 24.0 Å². The Bertz CT molecular complexity index is 785. The summed E-state index contributed by atoms with van der Waals surface area (Å²) in [7, 11) is 1.61. The third-order valence-corrected chi connectivity index (χ3v) is 3.77. The molecule has 2 aromatic carbocycles. The molecule has 0 heterocycles. The van der Waals surface area contributed by atoms with E-state index in [1.54, 1.807) is 19.2 Å². The van der Waals surface area contributed by atoms with Gasteiger partial charge in [0.05, 0.1) is 20.3 Å². The maximum atomic E-state index is 12.0. The fourth-order valence-corrected chi connectivity index (χ4v) is 2.50. The van der Waals surface area contributed by atoms with Crippen molar-refractivity contribution in [1.29, 1.82) is 0 Å². The standard InChI is InChI=1S/C21H28N4O3.HI/c1-4-22-21(24-14-13-23-20(26)16-9-7-6-8-10-16)25-17-11-12-18(27-3)19(15-17)28-5-2;/h6-12,15H,4-5,13-14H2,1-3H3,(H,23,26)(H2,22,24,25);1H. The van der Waals surface area contributed by atoms with E-state index in [1.165, 1.54) is 0 Å². The SMILES string of the molecule is CCNC(=NCCNC(=O)c1ccccc1)Nc1ccc(OC)c(OCC)c1.I. The fourth-order valence-electron chi connectivity index (χ4n) is 2.50. The molecule has 7 nitrogen and oxygen atoms in total. The fraction of sp³-hybridized carbons (Fsp3) is 0.333. The number of carbonyl (C=O) groups is 1. The zero-order valence-electron chi connectivity index (χ0n) is 17.0. The molecule has 1 amide bonds. The van der Waals surface area contributed by atoms with Crippen molar-refractivity contribution in [2.24, 2.45) is 4.99 Å². The molecule has 0 aliphatic carbocycles. The Balaban J connectivity index is 0.00000420. The first-order valence-corrected chi connectivity index (χ1v) is 9.37. The van der Waals surface area contributed by atoms with E-state index < -0.39 is 0 Å². The van der Waals surface area contributed by atoms with Crippen molar-refractivity contribution in [2.45, 2.75) is 13.8 Å². The number of guanidine groups is 1. The van der Waals surface area contributed by atoms with Gasteiger partial charge < -0.3 is 25.4 Å². The highest BCUT2D eigenvalue weighted by Crippen LogP contribution is 2.30. The Morgan fingerprint density at radius 2 is 1.79 bits per heavy atom. The van der Waals surface area contributed by atoms with E-state index in [-0.39, 0.29) is 29.9 Å². The van der Waals surface area contributed by atoms with E-state index in [2.05, 4.69) is 20.9 Å². The van der Waals surface area contributed by atoms with Gasteiger partial charge in [-0.3, -0.25) is 9.79 Å². The summed E-state index contributed by atoms with van der Waals surface area (Å²) >= 11 is 0. The second-order valence-electron chi connectivity index (χ2n) is 5.81. The van der Waals surface area contributed by atoms with E-state index in [9.17, 15) is 4.79 Å². The number of amides is 1. The number of rotatable bonds is 9. The van der Waals surface area contributed by atoms with Gasteiger partial charge in [0.15, 0.2) is 17.5 Å². The van der Waals surface area contributed by atoms with Crippen molar-refractivity contribution in [3.05, 3.63) is 54.1 Å². The number of carbonyl (C=O) groups excluding carboxylic acids is 1. The van der Waals surface area contributed by atoms with E-state index in [4.69, 9.17) is 9.47 Å². The molecule has 0 atom stereocenters. The van der Waals surface area contributed by atoms with E-state index in [0.717, 1.165) is 12.2 Å². The molecule has 0 aliphatic rings. The third-order valence-electron chi connectivity index (χ3n) is 3.77. The van der Waals surface area contributed by atoms with Gasteiger partial charge in [-0.2, -0.15) is 0 Å². The monoisotopic (exact) mass is 512 g/mol. The van der Waals surface area contributed by atoms with Crippen LogP contribution in [0.4, 0.5) is 5.69 Å². The number of nitrogens with zero attached hydrogens (tertiary/aromatic N) is 1. The largest absolute Gasteiger partial charge is 0.493 e. The normalized spacial score (nSPS) is 10.5. The smallest absolute Gasteiger partial charge is 0.251 e. The predicted molar refractivity (Wildman–Crippen MR) is 128 cm³/mol. The number of hydrogen-bond donors (Lipinski definition) is 3. The summed E-state index contributed by atoms with van der Waals surface area (Å²) < 4.78 is 10.9. The van der Waals surface area contributed by atoms with Gasteiger partial charge in [-0.05, 0) is 38.1 Å². The van der Waals surface area contributed by atoms with Crippen LogP contribution in [0.2, 0.25) is 0 Å². The summed E-state index contributed by atoms with van der Waals surface area (Å²) in [5, 5.41) is 9.29. The molecule has 0 spiro atoms. The molecule has 0 fully saturated rings. The van der Waals surface area contributed by atoms with Crippen LogP contribution in [0.1, 0.15) is 24.2 Å². The number of nitrogens with one attached hydrogen (secondary N) is 3. The van der Waals surface area contributed by atoms with Crippen molar-refractivity contribution >= 4 is 41.5 Å². The second-order valence-corrected chi connectivity index (χ2v) is 5.81. The summed E-state index contributed by atoms with van der Waals surface area (Å²) in [6.45, 7) is 6.08. The van der Waals surface area contributed by atoms with Crippen LogP contribution in [0.15, 0.2) is 53.5 Å². The minimum absolute atomic E-state index is 0. The lowest BCUT2D eigenvalue weighted by Gasteiger charge is -2.14. The van der Waals surface area contributed by atoms with Crippen LogP contribution in [0.25, 0.3) is 0 Å². The highest BCUT2D eigenvalue weighted by atomic mass is 127. The molecule has 0 unspecified atom stereocenters. The average Bonchev–Trinajstić information content (AvgIpc) is 2.72. The molecule has 2 rings (SSSR count). The van der Waals surface area contributed by atoms with E-state index in [0.29, 0.717) is 42.7 Å². The minimum atomic E-state index is -0.106. The molecule has 0 aromatic heterocycles. The molecule has 158 valence electrons. The Kier molecular flexibility index (Phi) is 11.6. The summed E-state index contributed by atoms with van der Waals surface area (Å²) in [4.78, 5) is 16.5. The van der Waals surface area contributed by atoms with Crippen molar-refractivity contribution in [2.75, 3.05) is 38.7 Å². The Morgan fingerprint density at radius 1 is 1.03 bits per heavy atom. The Labute approximate surface area is 189 Å². The highest BCUT2D eigenvalue weighted by molar-refractivity contribution is 14.0. The number of ether oxygens (including phenoxy) is 2. The third kappa shape index (κ3) is 8.18. The summed E-state index contributed by atoms with van der Waals surface area (Å²) in [5.41, 5.74) is 1.47. The van der Waals surface area contributed by atoms with Crippen LogP contribution in [0.5, 0.6) is 11.5 Å². The quantitative estimate of drug-likeness (QED) is 0.207.